The Kier molecular flexibility index (Phi) is 20.7. The van der Waals surface area contributed by atoms with Crippen LogP contribution in [0.5, 0.6) is 0 Å². The number of aliphatic carboxylic acids is 2. The average molecular weight is 1390 g/mol. The van der Waals surface area contributed by atoms with Crippen molar-refractivity contribution in [2.24, 2.45) is 0 Å². The van der Waals surface area contributed by atoms with E-state index < -0.39 is 60.2 Å². The average Bonchev–Trinajstić information content (AvgIpc) is 1.61. The molecule has 2 unspecified atom stereocenters. The van der Waals surface area contributed by atoms with E-state index in [-0.39, 0.29) is 22.3 Å². The Bertz CT molecular complexity index is 3210. The molecule has 0 radical (unpaired) electrons. The van der Waals surface area contributed by atoms with Gasteiger partial charge in [-0.25, -0.2) is 0 Å². The van der Waals surface area contributed by atoms with Gasteiger partial charge in [-0.05, 0) is 0 Å². The van der Waals surface area contributed by atoms with E-state index >= 15 is 0 Å². The summed E-state index contributed by atoms with van der Waals surface area (Å²) in [6, 6.07) is 111. The molecule has 11 rings (SSSR count). The summed E-state index contributed by atoms with van der Waals surface area (Å²) >= 11 is -9.08. The molecule has 0 aliphatic carbocycles. The van der Waals surface area contributed by atoms with Crippen molar-refractivity contribution in [3.05, 3.63) is 343 Å². The van der Waals surface area contributed by atoms with Gasteiger partial charge in [-0.2, -0.15) is 0 Å². The van der Waals surface area contributed by atoms with Gasteiger partial charge in [0.1, 0.15) is 0 Å². The maximum atomic E-state index is 12.2. The molecule has 0 aromatic heterocycles. The van der Waals surface area contributed by atoms with Gasteiger partial charge < -0.3 is 0 Å². The van der Waals surface area contributed by atoms with Crippen molar-refractivity contribution >= 4 is 96.4 Å². The van der Waals surface area contributed by atoms with Crippen LogP contribution in [0.15, 0.2) is 315 Å². The molecule has 2 atom stereocenters. The molecular formula is C75H69BiGe2O4. The zero-order chi connectivity index (χ0) is 57.2. The molecule has 2 N–H and O–H groups in total. The van der Waals surface area contributed by atoms with Crippen LogP contribution in [0, 0.1) is 20.8 Å². The zero-order valence-electron chi connectivity index (χ0n) is 46.7. The topological polar surface area (TPSA) is 74.6 Å². The van der Waals surface area contributed by atoms with Crippen LogP contribution in [0.1, 0.15) is 50.2 Å². The molecule has 4 nitrogen and oxygen atoms in total. The maximum absolute atomic E-state index is 12.2. The summed E-state index contributed by atoms with van der Waals surface area (Å²) < 4.78 is 12.1. The Hall–Kier alpha value is -7.67. The van der Waals surface area contributed by atoms with Crippen LogP contribution in [-0.4, -0.2) is 70.4 Å². The number of carboxylic acids is 2. The van der Waals surface area contributed by atoms with Crippen LogP contribution in [0.3, 0.4) is 0 Å². The first-order chi connectivity index (χ1) is 40.1. The Balaban J connectivity index is 0.000000150. The van der Waals surface area contributed by atoms with Crippen molar-refractivity contribution in [3.63, 3.8) is 0 Å². The summed E-state index contributed by atoms with van der Waals surface area (Å²) in [5, 5.41) is 20.0. The second kappa shape index (κ2) is 28.8. The minimum atomic E-state index is -3.47. The second-order valence-electron chi connectivity index (χ2n) is 20.8. The van der Waals surface area contributed by atoms with Crippen molar-refractivity contribution < 1.29 is 19.8 Å². The molecule has 82 heavy (non-hydrogen) atoms. The van der Waals surface area contributed by atoms with Gasteiger partial charge in [0.15, 0.2) is 0 Å². The molecular weight excluding hydrogens is 1320 g/mol. The first-order valence-corrected chi connectivity index (χ1v) is 41.9. The third kappa shape index (κ3) is 14.0. The van der Waals surface area contributed by atoms with E-state index in [2.05, 4.69) is 263 Å². The number of rotatable bonds is 17. The Morgan fingerprint density at radius 3 is 0.659 bits per heavy atom. The molecule has 11 aromatic carbocycles. The van der Waals surface area contributed by atoms with E-state index in [9.17, 15) is 19.8 Å². The SMILES string of the molecule is Cc1cc[c]([Bi]([c]2ccc(C)cc2)[c]2ccc(C)cc2)cc1.O=C(O)C[CH](c1ccccc1)[Ge]([c]1ccccc1)([c]1ccccc1)[c]1ccccc1.O=C(O)C[CH](c1ccccc1)[Ge]([c]1ccccc1)([c]1ccccc1)[c]1ccccc1. The molecule has 7 heteroatoms. The van der Waals surface area contributed by atoms with Crippen LogP contribution in [0.2, 0.25) is 0 Å². The molecule has 0 spiro atoms. The zero-order valence-corrected chi connectivity index (χ0v) is 54.4. The van der Waals surface area contributed by atoms with Crippen LogP contribution in [0.4, 0.5) is 0 Å². The van der Waals surface area contributed by atoms with Gasteiger partial charge in [-0.1, -0.05) is 0 Å². The van der Waals surface area contributed by atoms with Crippen molar-refractivity contribution in [1.29, 1.82) is 0 Å². The molecule has 0 aliphatic rings. The summed E-state index contributed by atoms with van der Waals surface area (Å²) in [6.07, 6.45) is 0.200. The summed E-state index contributed by atoms with van der Waals surface area (Å²) in [4.78, 5) is 24.3. The first kappa shape index (κ1) is 59.0. The van der Waals surface area contributed by atoms with Crippen molar-refractivity contribution in [2.45, 2.75) is 43.1 Å². The van der Waals surface area contributed by atoms with Crippen LogP contribution < -0.4 is 36.2 Å². The number of carboxylic acid groups (broad SMARTS) is 2. The molecule has 406 valence electrons. The van der Waals surface area contributed by atoms with Crippen molar-refractivity contribution in [3.8, 4) is 0 Å². The minimum absolute atomic E-state index is 0.0999. The van der Waals surface area contributed by atoms with Crippen molar-refractivity contribution in [2.75, 3.05) is 0 Å². The van der Waals surface area contributed by atoms with Crippen LogP contribution in [0.25, 0.3) is 0 Å². The van der Waals surface area contributed by atoms with Crippen LogP contribution in [-0.2, 0) is 9.59 Å². The monoisotopic (exact) mass is 1390 g/mol. The number of carbonyl (C=O) groups is 2. The van der Waals surface area contributed by atoms with E-state index in [1.54, 1.807) is 9.81 Å². The quantitative estimate of drug-likeness (QED) is 0.0891. The van der Waals surface area contributed by atoms with Gasteiger partial charge in [-0.15, -0.1) is 0 Å². The van der Waals surface area contributed by atoms with E-state index in [1.807, 2.05) is 72.8 Å². The standard InChI is InChI=1S/2C27H24GeO2.3C7H7.Bi/c2*29-27(30)21-26(22-13-5-1-6-14-22)28(23-15-7-2-8-16-23,24-17-9-3-10-18-24)25-19-11-4-12-20-25;3*1-7-5-3-2-4-6-7;/h2*1-20,26H,21H2,(H,29,30);3*3-6H,1H3;. The molecule has 0 heterocycles. The molecule has 11 aromatic rings. The third-order valence-electron chi connectivity index (χ3n) is 15.5. The van der Waals surface area contributed by atoms with Gasteiger partial charge in [0, 0.05) is 0 Å². The Labute approximate surface area is 498 Å². The van der Waals surface area contributed by atoms with Gasteiger partial charge in [-0.3, -0.25) is 0 Å². The van der Waals surface area contributed by atoms with E-state index in [0.717, 1.165) is 11.1 Å². The van der Waals surface area contributed by atoms with Gasteiger partial charge in [0.2, 0.25) is 0 Å². The van der Waals surface area contributed by atoms with Gasteiger partial charge in [0.25, 0.3) is 0 Å². The van der Waals surface area contributed by atoms with Crippen LogP contribution >= 0.6 is 0 Å². The predicted octanol–water partition coefficient (Wildman–Crippen LogP) is 11.0. The fourth-order valence-corrected chi connectivity index (χ4v) is 43.6. The fraction of sp³-hybridized carbons (Fsp3) is 0.0933. The number of hydrogen-bond donors (Lipinski definition) is 2. The first-order valence-electron chi connectivity index (χ1n) is 28.0. The molecule has 0 fully saturated rings. The molecule has 0 saturated heterocycles. The second-order valence-corrected chi connectivity index (χ2v) is 46.4. The van der Waals surface area contributed by atoms with E-state index in [0.29, 0.717) is 0 Å². The predicted molar refractivity (Wildman–Crippen MR) is 349 cm³/mol. The van der Waals surface area contributed by atoms with E-state index in [1.165, 1.54) is 43.1 Å². The number of benzene rings is 11. The summed E-state index contributed by atoms with van der Waals surface area (Å²) in [6.45, 7) is 6.47. The van der Waals surface area contributed by atoms with Gasteiger partial charge >= 0.3 is 503 Å². The van der Waals surface area contributed by atoms with Crippen molar-refractivity contribution in [1.82, 2.24) is 0 Å². The van der Waals surface area contributed by atoms with Gasteiger partial charge in [0.05, 0.1) is 0 Å². The summed E-state index contributed by atoms with van der Waals surface area (Å²) in [7, 11) is 0. The fourth-order valence-electron chi connectivity index (χ4n) is 11.7. The Morgan fingerprint density at radius 2 is 0.476 bits per heavy atom. The number of aryl methyl sites for hydroxylation is 3. The Morgan fingerprint density at radius 1 is 0.293 bits per heavy atom. The third-order valence-corrected chi connectivity index (χ3v) is 47.3. The molecule has 0 saturated carbocycles. The molecule has 0 amide bonds. The number of hydrogen-bond acceptors (Lipinski definition) is 2. The summed E-state index contributed by atoms with van der Waals surface area (Å²) in [5.74, 6) is -1.52. The molecule has 0 bridgehead atoms. The summed E-state index contributed by atoms with van der Waals surface area (Å²) in [5.41, 5.74) is 6.19. The van der Waals surface area contributed by atoms with E-state index in [4.69, 9.17) is 0 Å². The normalized spacial score (nSPS) is 11.9. The molecule has 0 aliphatic heterocycles.